The molecule has 29 heavy (non-hydrogen) atoms. The average molecular weight is 414 g/mol. The smallest absolute Gasteiger partial charge is 0.230 e. The van der Waals surface area contributed by atoms with E-state index in [-0.39, 0.29) is 5.91 Å². The van der Waals surface area contributed by atoms with Crippen molar-refractivity contribution in [3.05, 3.63) is 54.6 Å². The Morgan fingerprint density at radius 2 is 1.76 bits per heavy atom. The minimum absolute atomic E-state index is 0.0821. The predicted molar refractivity (Wildman–Crippen MR) is 121 cm³/mol. The van der Waals surface area contributed by atoms with E-state index >= 15 is 0 Å². The van der Waals surface area contributed by atoms with Crippen molar-refractivity contribution in [2.24, 2.45) is 0 Å². The first-order chi connectivity index (χ1) is 14.2. The lowest BCUT2D eigenvalue weighted by atomic mass is 10.2. The van der Waals surface area contributed by atoms with Gasteiger partial charge in [-0.3, -0.25) is 9.69 Å². The lowest BCUT2D eigenvalue weighted by Crippen LogP contribution is -2.52. The molecule has 0 bridgehead atoms. The third-order valence-corrected chi connectivity index (χ3v) is 6.17. The van der Waals surface area contributed by atoms with Gasteiger partial charge in [0.1, 0.15) is 5.75 Å². The van der Waals surface area contributed by atoms with Gasteiger partial charge >= 0.3 is 0 Å². The molecule has 1 aliphatic rings. The second kappa shape index (κ2) is 11.1. The molecule has 1 aliphatic heterocycles. The molecule has 2 aromatic carbocycles. The van der Waals surface area contributed by atoms with Crippen LogP contribution in [0.15, 0.2) is 59.5 Å². The number of ether oxygens (including phenoxy) is 1. The van der Waals surface area contributed by atoms with Crippen LogP contribution in [-0.2, 0) is 4.79 Å². The van der Waals surface area contributed by atoms with Gasteiger partial charge < -0.3 is 15.0 Å². The van der Waals surface area contributed by atoms with Crippen LogP contribution in [0.3, 0.4) is 0 Å². The molecular weight excluding hydrogens is 382 g/mol. The number of carbonyl (C=O) groups excluding carboxylic acids is 1. The zero-order valence-electron chi connectivity index (χ0n) is 17.3. The topological polar surface area (TPSA) is 44.8 Å². The minimum atomic E-state index is 0.0821. The number of thioether (sulfide) groups is 1. The predicted octanol–water partition coefficient (Wildman–Crippen LogP) is 3.50. The maximum Gasteiger partial charge on any atom is 0.230 e. The van der Waals surface area contributed by atoms with Crippen LogP contribution in [0.25, 0.3) is 0 Å². The number of nitrogens with zero attached hydrogens (tertiary/aromatic N) is 2. The molecule has 0 spiro atoms. The first-order valence-corrected chi connectivity index (χ1v) is 11.3. The maximum absolute atomic E-state index is 12.2. The van der Waals surface area contributed by atoms with Crippen LogP contribution in [0.4, 0.5) is 5.69 Å². The first-order valence-electron chi connectivity index (χ1n) is 10.3. The van der Waals surface area contributed by atoms with Crippen LogP contribution in [0.5, 0.6) is 5.75 Å². The van der Waals surface area contributed by atoms with Crippen LogP contribution < -0.4 is 15.0 Å². The zero-order chi connectivity index (χ0) is 20.5. The summed E-state index contributed by atoms with van der Waals surface area (Å²) in [5.74, 6) is 1.38. The van der Waals surface area contributed by atoms with Crippen molar-refractivity contribution in [3.8, 4) is 5.75 Å². The van der Waals surface area contributed by atoms with Gasteiger partial charge in [-0.25, -0.2) is 0 Å². The largest absolute Gasteiger partial charge is 0.494 e. The second-order valence-electron chi connectivity index (χ2n) is 7.20. The average Bonchev–Trinajstić information content (AvgIpc) is 2.78. The van der Waals surface area contributed by atoms with E-state index in [9.17, 15) is 4.79 Å². The van der Waals surface area contributed by atoms with Gasteiger partial charge in [-0.2, -0.15) is 0 Å². The van der Waals surface area contributed by atoms with Gasteiger partial charge in [0.05, 0.1) is 12.4 Å². The van der Waals surface area contributed by atoms with E-state index in [0.29, 0.717) is 24.9 Å². The number of hydrogen-bond acceptors (Lipinski definition) is 5. The Hall–Kier alpha value is -2.18. The van der Waals surface area contributed by atoms with Crippen molar-refractivity contribution in [3.63, 3.8) is 0 Å². The summed E-state index contributed by atoms with van der Waals surface area (Å²) in [5.41, 5.74) is 1.29. The van der Waals surface area contributed by atoms with Gasteiger partial charge in [0.25, 0.3) is 0 Å². The first kappa shape index (κ1) is 21.5. The maximum atomic E-state index is 12.2. The molecule has 1 fully saturated rings. The van der Waals surface area contributed by atoms with E-state index in [0.717, 1.165) is 36.8 Å². The highest BCUT2D eigenvalue weighted by Crippen LogP contribution is 2.21. The molecule has 6 heteroatoms. The van der Waals surface area contributed by atoms with Crippen molar-refractivity contribution in [2.45, 2.75) is 24.8 Å². The summed E-state index contributed by atoms with van der Waals surface area (Å²) < 4.78 is 5.44. The minimum Gasteiger partial charge on any atom is -0.494 e. The molecule has 1 saturated heterocycles. The molecule has 2 aromatic rings. The van der Waals surface area contributed by atoms with Gasteiger partial charge in [0.15, 0.2) is 0 Å². The van der Waals surface area contributed by atoms with Crippen LogP contribution >= 0.6 is 11.8 Å². The SMILES string of the molecule is CCOc1ccc(SCC(=O)NCC(C)N2CCN(c3ccccc3)CC2)cc1. The summed E-state index contributed by atoms with van der Waals surface area (Å²) >= 11 is 1.55. The summed E-state index contributed by atoms with van der Waals surface area (Å²) in [5, 5.41) is 3.08. The Bertz CT molecular complexity index is 746. The number of benzene rings is 2. The molecule has 3 rings (SSSR count). The number of rotatable bonds is 9. The van der Waals surface area contributed by atoms with E-state index in [4.69, 9.17) is 4.74 Å². The molecule has 0 radical (unpaired) electrons. The fourth-order valence-electron chi connectivity index (χ4n) is 3.45. The quantitative estimate of drug-likeness (QED) is 0.638. The number of piperazine rings is 1. The van der Waals surface area contributed by atoms with Crippen LogP contribution in [0, 0.1) is 0 Å². The van der Waals surface area contributed by atoms with Crippen LogP contribution in [0.1, 0.15) is 13.8 Å². The van der Waals surface area contributed by atoms with E-state index in [1.807, 2.05) is 31.2 Å². The van der Waals surface area contributed by atoms with E-state index in [1.54, 1.807) is 11.8 Å². The van der Waals surface area contributed by atoms with E-state index in [2.05, 4.69) is 52.4 Å². The highest BCUT2D eigenvalue weighted by Gasteiger charge is 2.21. The Balaban J connectivity index is 1.35. The Labute approximate surface area is 178 Å². The van der Waals surface area contributed by atoms with Gasteiger partial charge in [-0.15, -0.1) is 11.8 Å². The molecule has 1 amide bonds. The fourth-order valence-corrected chi connectivity index (χ4v) is 4.18. The fraction of sp³-hybridized carbons (Fsp3) is 0.435. The summed E-state index contributed by atoms with van der Waals surface area (Å²) in [6, 6.07) is 18.8. The highest BCUT2D eigenvalue weighted by molar-refractivity contribution is 8.00. The molecule has 0 aromatic heterocycles. The van der Waals surface area contributed by atoms with Crippen molar-refractivity contribution in [2.75, 3.05) is 50.0 Å². The number of anilines is 1. The summed E-state index contributed by atoms with van der Waals surface area (Å²) in [7, 11) is 0. The van der Waals surface area contributed by atoms with Crippen molar-refractivity contribution >= 4 is 23.4 Å². The lowest BCUT2D eigenvalue weighted by molar-refractivity contribution is -0.118. The van der Waals surface area contributed by atoms with Gasteiger partial charge in [-0.1, -0.05) is 18.2 Å². The summed E-state index contributed by atoms with van der Waals surface area (Å²) in [6.45, 7) is 9.60. The zero-order valence-corrected chi connectivity index (χ0v) is 18.2. The van der Waals surface area contributed by atoms with Gasteiger partial charge in [0, 0.05) is 49.3 Å². The monoisotopic (exact) mass is 413 g/mol. The van der Waals surface area contributed by atoms with Crippen LogP contribution in [-0.4, -0.2) is 61.9 Å². The number of carbonyl (C=O) groups is 1. The molecule has 0 saturated carbocycles. The van der Waals surface area contributed by atoms with E-state index < -0.39 is 0 Å². The molecule has 156 valence electrons. The summed E-state index contributed by atoms with van der Waals surface area (Å²) in [4.78, 5) is 18.2. The third kappa shape index (κ3) is 6.68. The lowest BCUT2D eigenvalue weighted by Gasteiger charge is -2.39. The Kier molecular flexibility index (Phi) is 8.25. The highest BCUT2D eigenvalue weighted by atomic mass is 32.2. The molecule has 0 aliphatic carbocycles. The number of nitrogens with one attached hydrogen (secondary N) is 1. The standard InChI is InChI=1S/C23H31N3O2S/c1-3-28-21-9-11-22(12-10-21)29-18-23(27)24-17-19(2)25-13-15-26(16-14-25)20-7-5-4-6-8-20/h4-12,19H,3,13-18H2,1-2H3,(H,24,27). The van der Waals surface area contributed by atoms with Crippen molar-refractivity contribution in [1.82, 2.24) is 10.2 Å². The van der Waals surface area contributed by atoms with Crippen molar-refractivity contribution < 1.29 is 9.53 Å². The molecule has 1 unspecified atom stereocenters. The number of amides is 1. The number of para-hydroxylation sites is 1. The van der Waals surface area contributed by atoms with Gasteiger partial charge in [0.2, 0.25) is 5.91 Å². The molecule has 1 N–H and O–H groups in total. The van der Waals surface area contributed by atoms with E-state index in [1.165, 1.54) is 5.69 Å². The molecule has 1 heterocycles. The Morgan fingerprint density at radius 3 is 2.41 bits per heavy atom. The number of hydrogen-bond donors (Lipinski definition) is 1. The van der Waals surface area contributed by atoms with Gasteiger partial charge in [-0.05, 0) is 50.2 Å². The molecular formula is C23H31N3O2S. The molecule has 5 nitrogen and oxygen atoms in total. The van der Waals surface area contributed by atoms with Crippen LogP contribution in [0.2, 0.25) is 0 Å². The second-order valence-corrected chi connectivity index (χ2v) is 8.25. The molecule has 1 atom stereocenters. The van der Waals surface area contributed by atoms with Crippen molar-refractivity contribution in [1.29, 1.82) is 0 Å². The summed E-state index contributed by atoms with van der Waals surface area (Å²) in [6.07, 6.45) is 0. The third-order valence-electron chi connectivity index (χ3n) is 5.16. The normalized spacial score (nSPS) is 15.7. The Morgan fingerprint density at radius 1 is 1.07 bits per heavy atom.